The third kappa shape index (κ3) is 4.01. The van der Waals surface area contributed by atoms with Crippen molar-refractivity contribution in [3.63, 3.8) is 0 Å². The Kier molecular flexibility index (Phi) is 4.84. The fourth-order valence-electron chi connectivity index (χ4n) is 4.79. The van der Waals surface area contributed by atoms with Crippen LogP contribution >= 0.6 is 0 Å². The molecule has 37 heavy (non-hydrogen) atoms. The van der Waals surface area contributed by atoms with E-state index >= 15 is 0 Å². The monoisotopic (exact) mass is 502 g/mol. The Morgan fingerprint density at radius 1 is 1.14 bits per heavy atom. The summed E-state index contributed by atoms with van der Waals surface area (Å²) in [6.07, 6.45) is 4.61. The minimum atomic E-state index is -2.66. The van der Waals surface area contributed by atoms with E-state index in [2.05, 4.69) is 15.1 Å². The zero-order valence-corrected chi connectivity index (χ0v) is 20.1. The third-order valence-electron chi connectivity index (χ3n) is 7.16. The van der Waals surface area contributed by atoms with Gasteiger partial charge in [0.05, 0.1) is 23.7 Å². The molecule has 2 aliphatic carbocycles. The number of nitrogens with zero attached hydrogens (tertiary/aromatic N) is 6. The highest BCUT2D eigenvalue weighted by Gasteiger charge is 2.57. The Morgan fingerprint density at radius 2 is 1.97 bits per heavy atom. The summed E-state index contributed by atoms with van der Waals surface area (Å²) in [4.78, 5) is 9.23. The molecule has 188 valence electrons. The van der Waals surface area contributed by atoms with Gasteiger partial charge in [-0.3, -0.25) is 9.67 Å². The predicted octanol–water partition coefficient (Wildman–Crippen LogP) is 2.85. The normalized spacial score (nSPS) is 22.1. The smallest absolute Gasteiger partial charge is 0.255 e. The minimum absolute atomic E-state index is 0.108. The molecule has 8 nitrogen and oxygen atoms in total. The molecular formula is C27H24F2N6O2. The van der Waals surface area contributed by atoms with Crippen LogP contribution in [0.15, 0.2) is 60.0 Å². The summed E-state index contributed by atoms with van der Waals surface area (Å²) in [7, 11) is 1.86. The summed E-state index contributed by atoms with van der Waals surface area (Å²) in [5.74, 6) is -2.74. The van der Waals surface area contributed by atoms with Crippen LogP contribution in [0.2, 0.25) is 0 Å². The van der Waals surface area contributed by atoms with E-state index in [1.165, 1.54) is 0 Å². The van der Waals surface area contributed by atoms with Crippen LogP contribution in [0.25, 0.3) is 16.5 Å². The van der Waals surface area contributed by atoms with E-state index in [9.17, 15) is 13.9 Å². The molecular weight excluding hydrogens is 478 g/mol. The molecule has 1 N–H and O–H groups in total. The Hall–Kier alpha value is -3.92. The Bertz CT molecular complexity index is 1650. The van der Waals surface area contributed by atoms with Gasteiger partial charge in [-0.25, -0.2) is 18.8 Å². The van der Waals surface area contributed by atoms with Crippen molar-refractivity contribution < 1.29 is 18.6 Å². The van der Waals surface area contributed by atoms with E-state index in [0.717, 1.165) is 29.4 Å². The summed E-state index contributed by atoms with van der Waals surface area (Å²) in [5.41, 5.74) is 3.79. The fourth-order valence-corrected chi connectivity index (χ4v) is 4.79. The Labute approximate surface area is 210 Å². The molecule has 1 aromatic carbocycles. The number of aromatic nitrogens is 4. The van der Waals surface area contributed by atoms with Gasteiger partial charge in [-0.1, -0.05) is 6.07 Å². The number of pyridine rings is 2. The average Bonchev–Trinajstić information content (AvgIpc) is 3.79. The lowest BCUT2D eigenvalue weighted by Gasteiger charge is -2.29. The van der Waals surface area contributed by atoms with Crippen LogP contribution in [-0.2, 0) is 7.05 Å². The SMILES string of the molecule is Cn1cc2cc(N3N=c4ccc(OCC5CC5(F)F)nc4=C(c4ccc(C5CC5)nc4)C3O)ccc2n1. The topological polar surface area (TPSA) is 88.7 Å². The van der Waals surface area contributed by atoms with Gasteiger partial charge >= 0.3 is 0 Å². The first kappa shape index (κ1) is 22.3. The fraction of sp³-hybridized carbons (Fsp3) is 0.333. The number of aliphatic hydroxyl groups is 1. The van der Waals surface area contributed by atoms with Gasteiger partial charge in [0.1, 0.15) is 10.7 Å². The second-order valence-electron chi connectivity index (χ2n) is 10.0. The number of aliphatic hydroxyl groups excluding tert-OH is 1. The molecule has 4 aromatic rings. The molecule has 0 spiro atoms. The van der Waals surface area contributed by atoms with Crippen LogP contribution in [0.5, 0.6) is 5.88 Å². The number of halogens is 2. The molecule has 2 unspecified atom stereocenters. The van der Waals surface area contributed by atoms with Crippen LogP contribution in [0.4, 0.5) is 14.5 Å². The van der Waals surface area contributed by atoms with Gasteiger partial charge in [-0.15, -0.1) is 0 Å². The lowest BCUT2D eigenvalue weighted by Crippen LogP contribution is -2.47. The van der Waals surface area contributed by atoms with E-state index in [0.29, 0.717) is 33.4 Å². The third-order valence-corrected chi connectivity index (χ3v) is 7.16. The van der Waals surface area contributed by atoms with Crippen LogP contribution in [0, 0.1) is 5.92 Å². The zero-order chi connectivity index (χ0) is 25.3. The summed E-state index contributed by atoms with van der Waals surface area (Å²) >= 11 is 0. The van der Waals surface area contributed by atoms with Crippen molar-refractivity contribution in [2.24, 2.45) is 18.1 Å². The first-order valence-corrected chi connectivity index (χ1v) is 12.3. The highest BCUT2D eigenvalue weighted by Crippen LogP contribution is 2.48. The molecule has 2 saturated carbocycles. The lowest BCUT2D eigenvalue weighted by atomic mass is 10.0. The lowest BCUT2D eigenvalue weighted by molar-refractivity contribution is 0.0849. The standard InChI is InChI=1S/C27H24F2N6O2/c1-34-13-17-10-19(5-7-21(17)32-34)35-26(36)24(16-4-6-20(30-12-16)15-2-3-15)25-22(33-35)8-9-23(31-25)37-14-18-11-27(18,28)29/h4-10,12-13,15,18,26,36H,2-3,11,14H2,1H3. The number of benzene rings is 1. The molecule has 0 amide bonds. The van der Waals surface area contributed by atoms with Gasteiger partial charge in [-0.2, -0.15) is 10.2 Å². The highest BCUT2D eigenvalue weighted by atomic mass is 19.3. The van der Waals surface area contributed by atoms with Gasteiger partial charge < -0.3 is 9.84 Å². The summed E-state index contributed by atoms with van der Waals surface area (Å²) in [5, 5.41) is 24.1. The average molecular weight is 503 g/mol. The van der Waals surface area contributed by atoms with E-state index in [-0.39, 0.29) is 18.9 Å². The Morgan fingerprint density at radius 3 is 2.70 bits per heavy atom. The second-order valence-corrected chi connectivity index (χ2v) is 10.0. The van der Waals surface area contributed by atoms with Crippen molar-refractivity contribution in [1.82, 2.24) is 19.7 Å². The van der Waals surface area contributed by atoms with Gasteiger partial charge in [0.25, 0.3) is 5.92 Å². The van der Waals surface area contributed by atoms with Gasteiger partial charge in [-0.05, 0) is 43.2 Å². The van der Waals surface area contributed by atoms with Crippen molar-refractivity contribution in [2.45, 2.75) is 37.3 Å². The maximum atomic E-state index is 13.3. The van der Waals surface area contributed by atoms with Crippen molar-refractivity contribution >= 4 is 22.2 Å². The van der Waals surface area contributed by atoms with Crippen LogP contribution in [0.1, 0.15) is 36.4 Å². The number of aryl methyl sites for hydroxylation is 1. The number of alkyl halides is 2. The highest BCUT2D eigenvalue weighted by molar-refractivity contribution is 5.83. The Balaban J connectivity index is 1.32. The van der Waals surface area contributed by atoms with Crippen molar-refractivity contribution in [3.8, 4) is 5.88 Å². The number of rotatable bonds is 6. The maximum absolute atomic E-state index is 13.3. The first-order valence-electron chi connectivity index (χ1n) is 12.3. The van der Waals surface area contributed by atoms with E-state index in [1.54, 1.807) is 28.0 Å². The van der Waals surface area contributed by atoms with Gasteiger partial charge in [0.2, 0.25) is 5.88 Å². The summed E-state index contributed by atoms with van der Waals surface area (Å²) in [6, 6.07) is 12.9. The van der Waals surface area contributed by atoms with Crippen LogP contribution in [0.3, 0.4) is 0 Å². The number of anilines is 1. The van der Waals surface area contributed by atoms with Crippen molar-refractivity contribution in [3.05, 3.63) is 76.8 Å². The number of fused-ring (bicyclic) bond motifs is 2. The number of hydrogen-bond acceptors (Lipinski definition) is 7. The molecule has 2 fully saturated rings. The molecule has 0 radical (unpaired) electrons. The first-order chi connectivity index (χ1) is 17.9. The number of hydrogen-bond donors (Lipinski definition) is 1. The minimum Gasteiger partial charge on any atom is -0.477 e. The van der Waals surface area contributed by atoms with Crippen molar-refractivity contribution in [1.29, 1.82) is 0 Å². The summed E-state index contributed by atoms with van der Waals surface area (Å²) < 4.78 is 34.0. The molecule has 7 rings (SSSR count). The molecule has 4 heterocycles. The molecule has 0 bridgehead atoms. The molecule has 1 aliphatic heterocycles. The summed E-state index contributed by atoms with van der Waals surface area (Å²) in [6.45, 7) is -0.108. The molecule has 2 atom stereocenters. The van der Waals surface area contributed by atoms with Gasteiger partial charge in [0.15, 0.2) is 6.23 Å². The van der Waals surface area contributed by atoms with E-state index in [1.807, 2.05) is 43.6 Å². The molecule has 3 aliphatic rings. The maximum Gasteiger partial charge on any atom is 0.255 e. The largest absolute Gasteiger partial charge is 0.477 e. The van der Waals surface area contributed by atoms with Gasteiger partial charge in [0, 0.05) is 60.1 Å². The van der Waals surface area contributed by atoms with E-state index in [4.69, 9.17) is 9.84 Å². The van der Waals surface area contributed by atoms with Crippen molar-refractivity contribution in [2.75, 3.05) is 11.6 Å². The van der Waals surface area contributed by atoms with Crippen LogP contribution in [-0.4, -0.2) is 43.6 Å². The second kappa shape index (κ2) is 8.04. The van der Waals surface area contributed by atoms with Crippen LogP contribution < -0.4 is 20.5 Å². The molecule has 0 saturated heterocycles. The molecule has 10 heteroatoms. The predicted molar refractivity (Wildman–Crippen MR) is 131 cm³/mol. The number of ether oxygens (including phenoxy) is 1. The quantitative estimate of drug-likeness (QED) is 0.436. The molecule has 3 aromatic heterocycles. The zero-order valence-electron chi connectivity index (χ0n) is 20.1. The van der Waals surface area contributed by atoms with E-state index < -0.39 is 18.1 Å².